The molecule has 0 radical (unpaired) electrons. The van der Waals surface area contributed by atoms with Crippen molar-refractivity contribution in [2.45, 2.75) is 19.9 Å². The van der Waals surface area contributed by atoms with Crippen LogP contribution in [0, 0.1) is 6.92 Å². The number of rotatable bonds is 6. The summed E-state index contributed by atoms with van der Waals surface area (Å²) >= 11 is 1.37. The van der Waals surface area contributed by atoms with Gasteiger partial charge in [-0.05, 0) is 18.4 Å². The predicted octanol–water partition coefficient (Wildman–Crippen LogP) is 1.82. The van der Waals surface area contributed by atoms with Gasteiger partial charge in [-0.3, -0.25) is 9.59 Å². The highest BCUT2D eigenvalue weighted by Crippen LogP contribution is 2.08. The van der Waals surface area contributed by atoms with Crippen molar-refractivity contribution >= 4 is 23.2 Å². The van der Waals surface area contributed by atoms with Crippen LogP contribution in [0.25, 0.3) is 0 Å². The van der Waals surface area contributed by atoms with E-state index in [-0.39, 0.29) is 18.2 Å². The first-order valence-electron chi connectivity index (χ1n) is 6.54. The van der Waals surface area contributed by atoms with E-state index in [1.54, 1.807) is 31.0 Å². The van der Waals surface area contributed by atoms with Crippen LogP contribution in [0.1, 0.15) is 27.5 Å². The average Bonchev–Trinajstić information content (AvgIpc) is 3.10. The number of carbonyl (C=O) groups excluding carboxylic acids is 2. The van der Waals surface area contributed by atoms with Crippen LogP contribution in [0.4, 0.5) is 0 Å². The first kappa shape index (κ1) is 15.2. The first-order chi connectivity index (χ1) is 10.1. The lowest BCUT2D eigenvalue weighted by atomic mass is 10.3. The van der Waals surface area contributed by atoms with Crippen LogP contribution in [0.15, 0.2) is 28.1 Å². The Labute approximate surface area is 126 Å². The second kappa shape index (κ2) is 7.03. The van der Waals surface area contributed by atoms with Crippen LogP contribution in [0.5, 0.6) is 0 Å². The van der Waals surface area contributed by atoms with Gasteiger partial charge in [0.2, 0.25) is 5.91 Å². The normalized spacial score (nSPS) is 10.4. The molecule has 2 heterocycles. The maximum absolute atomic E-state index is 11.9. The van der Waals surface area contributed by atoms with E-state index in [4.69, 9.17) is 4.52 Å². The van der Waals surface area contributed by atoms with Crippen molar-refractivity contribution in [3.63, 3.8) is 0 Å². The second-order valence-electron chi connectivity index (χ2n) is 4.66. The molecule has 0 saturated carbocycles. The number of amides is 2. The largest absolute Gasteiger partial charge is 0.361 e. The molecule has 7 heteroatoms. The summed E-state index contributed by atoms with van der Waals surface area (Å²) in [6.07, 6.45) is 0.254. The van der Waals surface area contributed by atoms with Gasteiger partial charge in [-0.2, -0.15) is 0 Å². The molecule has 6 nitrogen and oxygen atoms in total. The van der Waals surface area contributed by atoms with E-state index in [0.29, 0.717) is 29.4 Å². The zero-order valence-corrected chi connectivity index (χ0v) is 12.8. The van der Waals surface area contributed by atoms with Crippen molar-refractivity contribution in [3.05, 3.63) is 39.9 Å². The molecule has 0 aliphatic heterocycles. The predicted molar refractivity (Wildman–Crippen MR) is 79.0 cm³/mol. The zero-order chi connectivity index (χ0) is 15.2. The van der Waals surface area contributed by atoms with Gasteiger partial charge >= 0.3 is 0 Å². The standard InChI is InChI=1S/C14H17N3O3S/c1-10-8-11(16-20-10)9-17(2)13(18)5-6-15-14(19)12-4-3-7-21-12/h3-4,7-8H,5-6,9H2,1-2H3,(H,15,19). The SMILES string of the molecule is Cc1cc(CN(C)C(=O)CCNC(=O)c2cccs2)no1. The molecule has 0 fully saturated rings. The molecular weight excluding hydrogens is 290 g/mol. The van der Waals surface area contributed by atoms with E-state index in [1.807, 2.05) is 11.4 Å². The summed E-state index contributed by atoms with van der Waals surface area (Å²) < 4.78 is 4.96. The third-order valence-electron chi connectivity index (χ3n) is 2.87. The van der Waals surface area contributed by atoms with E-state index in [2.05, 4.69) is 10.5 Å². The van der Waals surface area contributed by atoms with Crippen LogP contribution in [0.2, 0.25) is 0 Å². The third kappa shape index (κ3) is 4.42. The molecule has 112 valence electrons. The summed E-state index contributed by atoms with van der Waals surface area (Å²) in [5.41, 5.74) is 0.714. The average molecular weight is 307 g/mol. The van der Waals surface area contributed by atoms with Crippen molar-refractivity contribution in [3.8, 4) is 0 Å². The Bertz CT molecular complexity index is 607. The minimum atomic E-state index is -0.146. The second-order valence-corrected chi connectivity index (χ2v) is 5.61. The molecule has 0 unspecified atom stereocenters. The van der Waals surface area contributed by atoms with Crippen LogP contribution < -0.4 is 5.32 Å². The number of carbonyl (C=O) groups is 2. The summed E-state index contributed by atoms with van der Waals surface area (Å²) in [6, 6.07) is 5.36. The lowest BCUT2D eigenvalue weighted by Crippen LogP contribution is -2.31. The first-order valence-corrected chi connectivity index (χ1v) is 7.42. The van der Waals surface area contributed by atoms with Crippen LogP contribution in [-0.2, 0) is 11.3 Å². The summed E-state index contributed by atoms with van der Waals surface area (Å²) in [6.45, 7) is 2.52. The summed E-state index contributed by atoms with van der Waals surface area (Å²) in [5.74, 6) is 0.517. The van der Waals surface area contributed by atoms with E-state index in [0.717, 1.165) is 0 Å². The molecule has 2 amide bonds. The zero-order valence-electron chi connectivity index (χ0n) is 12.0. The number of thiophene rings is 1. The summed E-state index contributed by atoms with van der Waals surface area (Å²) in [5, 5.41) is 8.41. The molecular formula is C14H17N3O3S. The highest BCUT2D eigenvalue weighted by molar-refractivity contribution is 7.12. The Hall–Kier alpha value is -2.15. The van der Waals surface area contributed by atoms with Crippen LogP contribution in [-0.4, -0.2) is 35.5 Å². The minimum absolute atomic E-state index is 0.0536. The van der Waals surface area contributed by atoms with Gasteiger partial charge in [-0.1, -0.05) is 11.2 Å². The fourth-order valence-electron chi connectivity index (χ4n) is 1.79. The van der Waals surface area contributed by atoms with Crippen LogP contribution in [0.3, 0.4) is 0 Å². The molecule has 2 aromatic heterocycles. The molecule has 2 aromatic rings. The van der Waals surface area contributed by atoms with Crippen molar-refractivity contribution < 1.29 is 14.1 Å². The highest BCUT2D eigenvalue weighted by Gasteiger charge is 2.12. The van der Waals surface area contributed by atoms with Crippen molar-refractivity contribution in [1.29, 1.82) is 0 Å². The van der Waals surface area contributed by atoms with Crippen molar-refractivity contribution in [2.24, 2.45) is 0 Å². The number of aryl methyl sites for hydroxylation is 1. The molecule has 0 saturated heterocycles. The van der Waals surface area contributed by atoms with Gasteiger partial charge in [0.1, 0.15) is 11.5 Å². The Balaban J connectivity index is 1.72. The maximum atomic E-state index is 11.9. The molecule has 1 N–H and O–H groups in total. The van der Waals surface area contributed by atoms with Gasteiger partial charge in [-0.15, -0.1) is 11.3 Å². The minimum Gasteiger partial charge on any atom is -0.361 e. The van der Waals surface area contributed by atoms with Crippen molar-refractivity contribution in [1.82, 2.24) is 15.4 Å². The number of hydrogen-bond acceptors (Lipinski definition) is 5. The smallest absolute Gasteiger partial charge is 0.261 e. The summed E-state index contributed by atoms with van der Waals surface area (Å²) in [4.78, 5) is 25.9. The number of nitrogens with zero attached hydrogens (tertiary/aromatic N) is 2. The van der Waals surface area contributed by atoms with E-state index in [1.165, 1.54) is 11.3 Å². The molecule has 0 aliphatic carbocycles. The van der Waals surface area contributed by atoms with Gasteiger partial charge in [0.25, 0.3) is 5.91 Å². The number of hydrogen-bond donors (Lipinski definition) is 1. The number of aromatic nitrogens is 1. The lowest BCUT2D eigenvalue weighted by Gasteiger charge is -2.15. The molecule has 0 aromatic carbocycles. The summed E-state index contributed by atoms with van der Waals surface area (Å²) in [7, 11) is 1.70. The number of nitrogens with one attached hydrogen (secondary N) is 1. The molecule has 0 aliphatic rings. The molecule has 2 rings (SSSR count). The Morgan fingerprint density at radius 3 is 2.90 bits per heavy atom. The topological polar surface area (TPSA) is 75.4 Å². The fraction of sp³-hybridized carbons (Fsp3) is 0.357. The van der Waals surface area contributed by atoms with E-state index >= 15 is 0 Å². The van der Waals surface area contributed by atoms with Gasteiger partial charge in [-0.25, -0.2) is 0 Å². The Morgan fingerprint density at radius 1 is 1.48 bits per heavy atom. The van der Waals surface area contributed by atoms with Gasteiger partial charge < -0.3 is 14.7 Å². The quantitative estimate of drug-likeness (QED) is 0.883. The van der Waals surface area contributed by atoms with Gasteiger partial charge in [0, 0.05) is 26.1 Å². The Kier molecular flexibility index (Phi) is 5.10. The van der Waals surface area contributed by atoms with Gasteiger partial charge in [0.15, 0.2) is 0 Å². The maximum Gasteiger partial charge on any atom is 0.261 e. The molecule has 21 heavy (non-hydrogen) atoms. The molecule has 0 spiro atoms. The lowest BCUT2D eigenvalue weighted by molar-refractivity contribution is -0.130. The monoisotopic (exact) mass is 307 g/mol. The third-order valence-corrected chi connectivity index (χ3v) is 3.74. The van der Waals surface area contributed by atoms with Gasteiger partial charge in [0.05, 0.1) is 11.4 Å². The fourth-order valence-corrected chi connectivity index (χ4v) is 2.43. The Morgan fingerprint density at radius 2 is 2.29 bits per heavy atom. The molecule has 0 atom stereocenters. The van der Waals surface area contributed by atoms with E-state index in [9.17, 15) is 9.59 Å². The highest BCUT2D eigenvalue weighted by atomic mass is 32.1. The molecule has 0 bridgehead atoms. The van der Waals surface area contributed by atoms with E-state index < -0.39 is 0 Å². The van der Waals surface area contributed by atoms with Crippen molar-refractivity contribution in [2.75, 3.05) is 13.6 Å². The van der Waals surface area contributed by atoms with Crippen LogP contribution >= 0.6 is 11.3 Å².